The number of hydrogen-bond acceptors (Lipinski definition) is 4. The van der Waals surface area contributed by atoms with Crippen LogP contribution in [0.2, 0.25) is 0 Å². The van der Waals surface area contributed by atoms with Gasteiger partial charge in [-0.15, -0.1) is 0 Å². The summed E-state index contributed by atoms with van der Waals surface area (Å²) in [6.07, 6.45) is 0.949. The highest BCUT2D eigenvalue weighted by atomic mass is 32.2. The molecule has 0 atom stereocenters. The molecule has 1 saturated carbocycles. The highest BCUT2D eigenvalue weighted by Gasteiger charge is 2.33. The number of ketones is 2. The maximum atomic E-state index is 12.1. The van der Waals surface area contributed by atoms with Gasteiger partial charge in [0.2, 0.25) is 0 Å². The lowest BCUT2D eigenvalue weighted by Gasteiger charge is -2.15. The number of carbonyl (C=O) groups is 3. The maximum Gasteiger partial charge on any atom is 0.338 e. The third-order valence-corrected chi connectivity index (χ3v) is 7.26. The van der Waals surface area contributed by atoms with Gasteiger partial charge in [-0.2, -0.15) is 0 Å². The zero-order valence-electron chi connectivity index (χ0n) is 15.4. The van der Waals surface area contributed by atoms with Gasteiger partial charge < -0.3 is 4.74 Å². The SMILES string of the molecule is CC(C)[S+](c1ccc(C(=O)OCCC2C(=O)CCC2=O)cc1)C(C)C. The zero-order chi connectivity index (χ0) is 18.6. The van der Waals surface area contributed by atoms with E-state index in [2.05, 4.69) is 27.7 Å². The fraction of sp³-hybridized carbons (Fsp3) is 0.550. The maximum absolute atomic E-state index is 12.1. The van der Waals surface area contributed by atoms with Gasteiger partial charge in [0.05, 0.1) is 18.1 Å². The Bertz CT molecular complexity index is 610. The van der Waals surface area contributed by atoms with Gasteiger partial charge in [-0.3, -0.25) is 9.59 Å². The summed E-state index contributed by atoms with van der Waals surface area (Å²) in [5.41, 5.74) is 0.504. The van der Waals surface area contributed by atoms with Gasteiger partial charge >= 0.3 is 5.97 Å². The fourth-order valence-corrected chi connectivity index (χ4v) is 5.91. The molecule has 1 fully saturated rings. The van der Waals surface area contributed by atoms with E-state index in [0.29, 0.717) is 35.3 Å². The summed E-state index contributed by atoms with van der Waals surface area (Å²) in [5.74, 6) is -1.03. The van der Waals surface area contributed by atoms with E-state index in [-0.39, 0.29) is 29.1 Å². The minimum atomic E-state index is -0.575. The lowest BCUT2D eigenvalue weighted by molar-refractivity contribution is -0.127. The Morgan fingerprint density at radius 1 is 1.04 bits per heavy atom. The molecule has 1 aliphatic rings. The molecule has 0 amide bonds. The van der Waals surface area contributed by atoms with Crippen molar-refractivity contribution in [1.29, 1.82) is 0 Å². The number of hydrogen-bond donors (Lipinski definition) is 0. The highest BCUT2D eigenvalue weighted by Crippen LogP contribution is 2.24. The monoisotopic (exact) mass is 363 g/mol. The van der Waals surface area contributed by atoms with E-state index in [4.69, 9.17) is 4.74 Å². The Labute approximate surface area is 152 Å². The summed E-state index contributed by atoms with van der Waals surface area (Å²) in [6.45, 7) is 8.98. The van der Waals surface area contributed by atoms with Gasteiger partial charge in [-0.1, -0.05) is 0 Å². The second-order valence-corrected chi connectivity index (χ2v) is 10.0. The molecular formula is C20H27O4S+. The smallest absolute Gasteiger partial charge is 0.338 e. The molecule has 0 saturated heterocycles. The Hall–Kier alpha value is -1.62. The van der Waals surface area contributed by atoms with E-state index in [1.54, 1.807) is 12.1 Å². The molecule has 4 nitrogen and oxygen atoms in total. The second kappa shape index (κ2) is 8.65. The average molecular weight is 363 g/mol. The first-order chi connectivity index (χ1) is 11.8. The Balaban J connectivity index is 1.92. The summed E-state index contributed by atoms with van der Waals surface area (Å²) in [7, 11) is 0.145. The summed E-state index contributed by atoms with van der Waals surface area (Å²) in [5, 5.41) is 1.11. The number of ether oxygens (including phenoxy) is 1. The van der Waals surface area contributed by atoms with Crippen molar-refractivity contribution in [2.75, 3.05) is 6.61 Å². The first kappa shape index (κ1) is 19.7. The van der Waals surface area contributed by atoms with Crippen molar-refractivity contribution in [2.24, 2.45) is 5.92 Å². The molecule has 1 aromatic carbocycles. The van der Waals surface area contributed by atoms with Gasteiger partial charge in [-0.25, -0.2) is 4.79 Å². The molecule has 2 rings (SSSR count). The number of Topliss-reactive ketones (excluding diaryl/α,β-unsaturated/α-hetero) is 2. The van der Waals surface area contributed by atoms with Gasteiger partial charge in [0.1, 0.15) is 22.1 Å². The summed E-state index contributed by atoms with van der Waals surface area (Å²) in [6, 6.07) is 7.61. The molecule has 0 aromatic heterocycles. The van der Waals surface area contributed by atoms with E-state index in [0.717, 1.165) is 0 Å². The Morgan fingerprint density at radius 2 is 1.56 bits per heavy atom. The molecular weight excluding hydrogens is 336 g/mol. The summed E-state index contributed by atoms with van der Waals surface area (Å²) < 4.78 is 5.24. The van der Waals surface area contributed by atoms with Gasteiger partial charge in [0.25, 0.3) is 0 Å². The van der Waals surface area contributed by atoms with Crippen LogP contribution in [-0.4, -0.2) is 34.6 Å². The van der Waals surface area contributed by atoms with Crippen LogP contribution < -0.4 is 0 Å². The number of benzene rings is 1. The summed E-state index contributed by atoms with van der Waals surface area (Å²) in [4.78, 5) is 36.6. The predicted octanol–water partition coefficient (Wildman–Crippen LogP) is 3.58. The normalized spacial score (nSPS) is 15.6. The molecule has 0 radical (unpaired) electrons. The van der Waals surface area contributed by atoms with Crippen LogP contribution in [0.15, 0.2) is 29.2 Å². The standard InChI is InChI=1S/C20H27O4S/c1-13(2)25(14(3)4)16-7-5-15(6-8-16)20(23)24-12-11-17-18(21)9-10-19(17)22/h5-8,13-14,17H,9-12H2,1-4H3/q+1. The van der Waals surface area contributed by atoms with Crippen LogP contribution in [0.5, 0.6) is 0 Å². The number of carbonyl (C=O) groups excluding carboxylic acids is 3. The molecule has 5 heteroatoms. The molecule has 0 N–H and O–H groups in total. The minimum absolute atomic E-state index is 0.0280. The van der Waals surface area contributed by atoms with E-state index in [1.165, 1.54) is 4.90 Å². The molecule has 1 aliphatic carbocycles. The molecule has 0 heterocycles. The van der Waals surface area contributed by atoms with Crippen molar-refractivity contribution in [2.45, 2.75) is 62.4 Å². The van der Waals surface area contributed by atoms with Gasteiger partial charge in [0, 0.05) is 23.7 Å². The zero-order valence-corrected chi connectivity index (χ0v) is 16.2. The van der Waals surface area contributed by atoms with E-state index < -0.39 is 11.9 Å². The summed E-state index contributed by atoms with van der Waals surface area (Å²) >= 11 is 0. The van der Waals surface area contributed by atoms with Gasteiger partial charge in [0.15, 0.2) is 4.90 Å². The van der Waals surface area contributed by atoms with Crippen molar-refractivity contribution in [3.63, 3.8) is 0 Å². The molecule has 1 aromatic rings. The molecule has 0 aliphatic heterocycles. The quantitative estimate of drug-likeness (QED) is 0.422. The molecule has 25 heavy (non-hydrogen) atoms. The number of rotatable bonds is 7. The van der Waals surface area contributed by atoms with Crippen molar-refractivity contribution in [3.05, 3.63) is 29.8 Å². The van der Waals surface area contributed by atoms with Gasteiger partial charge in [-0.05, 0) is 58.4 Å². The first-order valence-electron chi connectivity index (χ1n) is 8.85. The lowest BCUT2D eigenvalue weighted by atomic mass is 10.0. The van der Waals surface area contributed by atoms with Crippen molar-refractivity contribution in [3.8, 4) is 0 Å². The predicted molar refractivity (Wildman–Crippen MR) is 100.0 cm³/mol. The number of esters is 1. The van der Waals surface area contributed by atoms with E-state index in [1.807, 2.05) is 12.1 Å². The highest BCUT2D eigenvalue weighted by molar-refractivity contribution is 7.98. The van der Waals surface area contributed by atoms with Crippen molar-refractivity contribution >= 4 is 28.4 Å². The van der Waals surface area contributed by atoms with Crippen LogP contribution in [-0.2, 0) is 25.2 Å². The van der Waals surface area contributed by atoms with Crippen molar-refractivity contribution < 1.29 is 19.1 Å². The van der Waals surface area contributed by atoms with E-state index in [9.17, 15) is 14.4 Å². The Morgan fingerprint density at radius 3 is 2.04 bits per heavy atom. The van der Waals surface area contributed by atoms with Crippen LogP contribution in [0, 0.1) is 5.92 Å². The molecule has 0 spiro atoms. The van der Waals surface area contributed by atoms with Crippen LogP contribution in [0.4, 0.5) is 0 Å². The second-order valence-electron chi connectivity index (χ2n) is 6.90. The van der Waals surface area contributed by atoms with Crippen LogP contribution >= 0.6 is 0 Å². The third-order valence-electron chi connectivity index (χ3n) is 4.41. The third kappa shape index (κ3) is 4.94. The largest absolute Gasteiger partial charge is 0.462 e. The Kier molecular flexibility index (Phi) is 6.82. The first-order valence-corrected chi connectivity index (χ1v) is 10.2. The minimum Gasteiger partial charge on any atom is -0.462 e. The molecule has 136 valence electrons. The van der Waals surface area contributed by atoms with Crippen LogP contribution in [0.3, 0.4) is 0 Å². The van der Waals surface area contributed by atoms with Crippen LogP contribution in [0.1, 0.15) is 57.3 Å². The van der Waals surface area contributed by atoms with E-state index >= 15 is 0 Å². The average Bonchev–Trinajstić information content (AvgIpc) is 2.86. The topological polar surface area (TPSA) is 60.4 Å². The molecule has 0 unspecified atom stereocenters. The van der Waals surface area contributed by atoms with Crippen molar-refractivity contribution in [1.82, 2.24) is 0 Å². The molecule has 0 bridgehead atoms. The lowest BCUT2D eigenvalue weighted by Crippen LogP contribution is -2.24. The fourth-order valence-electron chi connectivity index (χ4n) is 3.29. The van der Waals surface area contributed by atoms with Crippen LogP contribution in [0.25, 0.3) is 0 Å².